The maximum absolute atomic E-state index is 13.5. The summed E-state index contributed by atoms with van der Waals surface area (Å²) in [6.07, 6.45) is 17.8. The molecule has 4 fully saturated rings. The van der Waals surface area contributed by atoms with Crippen LogP contribution in [0.3, 0.4) is 0 Å². The van der Waals surface area contributed by atoms with E-state index < -0.39 is 42.4 Å². The summed E-state index contributed by atoms with van der Waals surface area (Å²) in [6, 6.07) is 4.44. The Morgan fingerprint density at radius 1 is 0.606 bits per heavy atom. The van der Waals surface area contributed by atoms with Gasteiger partial charge in [-0.05, 0) is 100 Å². The Labute approximate surface area is 393 Å². The van der Waals surface area contributed by atoms with Crippen LogP contribution < -0.4 is 0 Å². The first kappa shape index (κ1) is 46.3. The van der Waals surface area contributed by atoms with Crippen molar-refractivity contribution in [3.8, 4) is 22.8 Å². The van der Waals surface area contributed by atoms with Gasteiger partial charge in [0, 0.05) is 87.0 Å². The zero-order valence-corrected chi connectivity index (χ0v) is 40.4. The summed E-state index contributed by atoms with van der Waals surface area (Å²) >= 11 is 11.7. The Kier molecular flexibility index (Phi) is 12.4. The van der Waals surface area contributed by atoms with E-state index in [4.69, 9.17) is 32.7 Å². The molecule has 6 aromatic rings. The first-order valence-corrected chi connectivity index (χ1v) is 25.8. The van der Waals surface area contributed by atoms with Crippen LogP contribution in [0.5, 0.6) is 0 Å². The number of ether oxygens (including phenoxy) is 2. The van der Waals surface area contributed by atoms with E-state index in [0.717, 1.165) is 60.8 Å². The van der Waals surface area contributed by atoms with E-state index in [2.05, 4.69) is 50.3 Å². The maximum Gasteiger partial charge on any atom is 0.165 e. The second kappa shape index (κ2) is 17.7. The van der Waals surface area contributed by atoms with Crippen molar-refractivity contribution in [2.75, 3.05) is 14.2 Å². The van der Waals surface area contributed by atoms with Crippen LogP contribution in [-0.2, 0) is 40.7 Å². The van der Waals surface area contributed by atoms with Gasteiger partial charge in [0.1, 0.15) is 35.4 Å². The van der Waals surface area contributed by atoms with Crippen LogP contribution in [-0.4, -0.2) is 101 Å². The number of methoxy groups -OCH3 is 2. The van der Waals surface area contributed by atoms with Gasteiger partial charge >= 0.3 is 0 Å². The summed E-state index contributed by atoms with van der Waals surface area (Å²) in [6.45, 7) is 7.14. The van der Waals surface area contributed by atoms with Gasteiger partial charge in [0.05, 0.1) is 20.5 Å². The molecule has 4 aliphatic rings. The molecule has 0 radical (unpaired) electrons. The summed E-state index contributed by atoms with van der Waals surface area (Å²) < 4.78 is 68.8. The number of aromatic nitrogens is 12. The molecule has 2 unspecified atom stereocenters. The number of hydrogen-bond donors (Lipinski definition) is 0. The smallest absolute Gasteiger partial charge is 0.165 e. The lowest BCUT2D eigenvalue weighted by atomic mass is 10.2. The summed E-state index contributed by atoms with van der Waals surface area (Å²) in [5.41, 5.74) is 4.26. The molecule has 6 atom stereocenters. The monoisotopic (exact) mass is 976 g/mol. The fourth-order valence-corrected chi connectivity index (χ4v) is 12.0. The van der Waals surface area contributed by atoms with E-state index >= 15 is 0 Å². The highest BCUT2D eigenvalue weighted by Gasteiger charge is 2.65. The number of rotatable bonds is 16. The van der Waals surface area contributed by atoms with Gasteiger partial charge in [-0.2, -0.15) is 0 Å². The molecule has 22 heteroatoms. The molecule has 0 aliphatic heterocycles. The third kappa shape index (κ3) is 9.23. The lowest BCUT2D eigenvalue weighted by Crippen LogP contribution is -2.30. The molecule has 2 spiro atoms. The van der Waals surface area contributed by atoms with Crippen LogP contribution in [0, 0.1) is 24.7 Å². The Balaban J connectivity index is 0.000000166. The molecular weight excluding hydrogens is 928 g/mol. The lowest BCUT2D eigenvalue weighted by molar-refractivity contribution is 0.0947. The van der Waals surface area contributed by atoms with Crippen molar-refractivity contribution in [1.82, 2.24) is 59.4 Å². The zero-order chi connectivity index (χ0) is 46.8. The second-order valence-corrected chi connectivity index (χ2v) is 23.7. The highest BCUT2D eigenvalue weighted by atomic mass is 35.5. The van der Waals surface area contributed by atoms with Gasteiger partial charge in [-0.3, -0.25) is 9.97 Å². The number of hydrogen-bond acceptors (Lipinski definition) is 16. The highest BCUT2D eigenvalue weighted by Crippen LogP contribution is 2.74. The molecule has 0 saturated heterocycles. The normalized spacial score (nSPS) is 20.5. The van der Waals surface area contributed by atoms with Crippen molar-refractivity contribution in [2.45, 2.75) is 113 Å². The molecular formula is C44H50Cl2N12O6S2. The standard InChI is InChI=1S/2C22H25ClN6O3S/c2*1-13-6-15(9-24-8-13)21-28-27-18(29(21)17-7-22(17)4-5-22)12-33(30,31)14(2)19(32-3)20-25-10-16(23)11-26-20/h2*6,8-11,14,17,19H,4-5,7,12H2,1-3H3/t2*14-,17?,19-/m00/s1. The Morgan fingerprint density at radius 3 is 1.27 bits per heavy atom. The minimum atomic E-state index is -3.68. The largest absolute Gasteiger partial charge is 0.372 e. The summed E-state index contributed by atoms with van der Waals surface area (Å²) in [4.78, 5) is 25.2. The van der Waals surface area contributed by atoms with Gasteiger partial charge < -0.3 is 18.6 Å². The number of halogens is 2. The summed E-state index contributed by atoms with van der Waals surface area (Å²) in [7, 11) is -4.47. The molecule has 6 aromatic heterocycles. The molecule has 0 amide bonds. The molecule has 4 saturated carbocycles. The van der Waals surface area contributed by atoms with E-state index in [1.807, 2.05) is 35.1 Å². The van der Waals surface area contributed by atoms with Crippen LogP contribution in [0.15, 0.2) is 61.7 Å². The van der Waals surface area contributed by atoms with E-state index in [1.54, 1.807) is 38.6 Å². The minimum absolute atomic E-state index is 0.223. The fourth-order valence-electron chi connectivity index (χ4n) is 8.98. The SMILES string of the molecule is CO[C@H](c1ncc(Cl)cn1)[C@H](C)S(=O)(=O)Cc1nnc(-c2cncc(C)c2)n1C1CC12CC2.CO[C@H](c1ncc(Cl)cn1)[C@H](C)S(=O)(=O)Cc1nnc(-c2cncc(C)c2)n1C1CC12CC2. The lowest BCUT2D eigenvalue weighted by Gasteiger charge is -2.21. The van der Waals surface area contributed by atoms with Crippen molar-refractivity contribution in [3.63, 3.8) is 0 Å². The van der Waals surface area contributed by atoms with E-state index in [-0.39, 0.29) is 46.1 Å². The fraction of sp³-hybridized carbons (Fsp3) is 0.500. The molecule has 0 N–H and O–H groups in total. The Bertz CT molecular complexity index is 2780. The topological polar surface area (TPSA) is 225 Å². The van der Waals surface area contributed by atoms with Gasteiger partial charge in [-0.25, -0.2) is 36.8 Å². The van der Waals surface area contributed by atoms with E-state index in [9.17, 15) is 16.8 Å². The van der Waals surface area contributed by atoms with Crippen LogP contribution in [0.1, 0.15) is 111 Å². The van der Waals surface area contributed by atoms with Crippen LogP contribution >= 0.6 is 23.2 Å². The Morgan fingerprint density at radius 2 is 0.970 bits per heavy atom. The number of pyridine rings is 2. The molecule has 0 bridgehead atoms. The summed E-state index contributed by atoms with van der Waals surface area (Å²) in [5, 5.41) is 16.4. The predicted molar refractivity (Wildman–Crippen MR) is 244 cm³/mol. The maximum atomic E-state index is 13.5. The van der Waals surface area contributed by atoms with E-state index in [0.29, 0.717) is 33.3 Å². The molecule has 18 nitrogen and oxygen atoms in total. The van der Waals surface area contributed by atoms with Crippen LogP contribution in [0.2, 0.25) is 10.0 Å². The molecule has 348 valence electrons. The van der Waals surface area contributed by atoms with Gasteiger partial charge in [-0.15, -0.1) is 20.4 Å². The van der Waals surface area contributed by atoms with Gasteiger partial charge in [0.2, 0.25) is 0 Å². The first-order chi connectivity index (χ1) is 31.5. The molecule has 66 heavy (non-hydrogen) atoms. The summed E-state index contributed by atoms with van der Waals surface area (Å²) in [5.74, 6) is 2.26. The molecule has 4 aliphatic carbocycles. The van der Waals surface area contributed by atoms with Crippen LogP contribution in [0.25, 0.3) is 22.8 Å². The van der Waals surface area contributed by atoms with Crippen molar-refractivity contribution in [3.05, 3.63) is 106 Å². The van der Waals surface area contributed by atoms with Crippen LogP contribution in [0.4, 0.5) is 0 Å². The first-order valence-electron chi connectivity index (χ1n) is 21.6. The average molecular weight is 978 g/mol. The Hall–Kier alpha value is -4.86. The zero-order valence-electron chi connectivity index (χ0n) is 37.3. The highest BCUT2D eigenvalue weighted by molar-refractivity contribution is 7.91. The van der Waals surface area contributed by atoms with Crippen molar-refractivity contribution >= 4 is 42.9 Å². The quantitative estimate of drug-likeness (QED) is 0.0950. The van der Waals surface area contributed by atoms with Gasteiger partial charge in [0.15, 0.2) is 43.0 Å². The van der Waals surface area contributed by atoms with Crippen molar-refractivity contribution in [2.24, 2.45) is 10.8 Å². The number of aryl methyl sites for hydroxylation is 2. The molecule has 10 rings (SSSR count). The van der Waals surface area contributed by atoms with Crippen molar-refractivity contribution < 1.29 is 26.3 Å². The molecule has 0 aromatic carbocycles. The third-order valence-electron chi connectivity index (χ3n) is 13.4. The van der Waals surface area contributed by atoms with Gasteiger partial charge in [0.25, 0.3) is 0 Å². The average Bonchev–Trinajstić information content (AvgIpc) is 4.25. The predicted octanol–water partition coefficient (Wildman–Crippen LogP) is 7.02. The van der Waals surface area contributed by atoms with Crippen molar-refractivity contribution in [1.29, 1.82) is 0 Å². The van der Waals surface area contributed by atoms with E-state index in [1.165, 1.54) is 39.0 Å². The second-order valence-electron chi connectivity index (χ2n) is 18.1. The third-order valence-corrected chi connectivity index (χ3v) is 17.9. The number of sulfone groups is 2. The van der Waals surface area contributed by atoms with Gasteiger partial charge in [-0.1, -0.05) is 23.2 Å². The molecule has 6 heterocycles. The minimum Gasteiger partial charge on any atom is -0.372 e. The number of nitrogens with zero attached hydrogens (tertiary/aromatic N) is 12.